The number of halogens is 2. The highest BCUT2D eigenvalue weighted by Gasteiger charge is 2.04. The SMILES string of the molecule is CNCc1ccc(OCc2cc(F)ccc2F)cc1. The van der Waals surface area contributed by atoms with E-state index < -0.39 is 11.6 Å². The molecule has 100 valence electrons. The van der Waals surface area contributed by atoms with Gasteiger partial charge in [-0.1, -0.05) is 12.1 Å². The van der Waals surface area contributed by atoms with Gasteiger partial charge in [0.2, 0.25) is 0 Å². The molecule has 0 spiro atoms. The molecule has 1 N–H and O–H groups in total. The van der Waals surface area contributed by atoms with Crippen molar-refractivity contribution in [2.45, 2.75) is 13.2 Å². The number of hydrogen-bond donors (Lipinski definition) is 1. The molecule has 4 heteroatoms. The molecule has 0 atom stereocenters. The van der Waals surface area contributed by atoms with Crippen molar-refractivity contribution in [2.75, 3.05) is 7.05 Å². The van der Waals surface area contributed by atoms with Gasteiger partial charge in [0.15, 0.2) is 0 Å². The van der Waals surface area contributed by atoms with Crippen molar-refractivity contribution >= 4 is 0 Å². The van der Waals surface area contributed by atoms with Gasteiger partial charge in [0.25, 0.3) is 0 Å². The van der Waals surface area contributed by atoms with E-state index in [1.807, 2.05) is 31.3 Å². The molecule has 0 amide bonds. The lowest BCUT2D eigenvalue weighted by Gasteiger charge is -2.08. The van der Waals surface area contributed by atoms with Gasteiger partial charge in [-0.3, -0.25) is 0 Å². The second-order valence-electron chi connectivity index (χ2n) is 4.20. The summed E-state index contributed by atoms with van der Waals surface area (Å²) in [6.45, 7) is 0.785. The van der Waals surface area contributed by atoms with Gasteiger partial charge in [-0.25, -0.2) is 8.78 Å². The molecule has 0 bridgehead atoms. The molecule has 19 heavy (non-hydrogen) atoms. The van der Waals surface area contributed by atoms with Crippen LogP contribution >= 0.6 is 0 Å². The summed E-state index contributed by atoms with van der Waals surface area (Å²) < 4.78 is 31.8. The first-order valence-corrected chi connectivity index (χ1v) is 5.99. The Balaban J connectivity index is 2.00. The minimum Gasteiger partial charge on any atom is -0.489 e. The quantitative estimate of drug-likeness (QED) is 0.894. The lowest BCUT2D eigenvalue weighted by Crippen LogP contribution is -2.04. The van der Waals surface area contributed by atoms with Gasteiger partial charge in [-0.2, -0.15) is 0 Å². The van der Waals surface area contributed by atoms with Gasteiger partial charge in [0.05, 0.1) is 0 Å². The second kappa shape index (κ2) is 6.29. The van der Waals surface area contributed by atoms with Crippen LogP contribution in [0.1, 0.15) is 11.1 Å². The predicted molar refractivity (Wildman–Crippen MR) is 69.9 cm³/mol. The maximum absolute atomic E-state index is 13.4. The van der Waals surface area contributed by atoms with Crippen LogP contribution < -0.4 is 10.1 Å². The maximum atomic E-state index is 13.4. The van der Waals surface area contributed by atoms with Crippen molar-refractivity contribution in [3.8, 4) is 5.75 Å². The summed E-state index contributed by atoms with van der Waals surface area (Å²) in [7, 11) is 1.87. The van der Waals surface area contributed by atoms with Crippen LogP contribution in [0.15, 0.2) is 42.5 Å². The zero-order chi connectivity index (χ0) is 13.7. The third kappa shape index (κ3) is 3.76. The van der Waals surface area contributed by atoms with Crippen LogP contribution in [0.25, 0.3) is 0 Å². The molecule has 2 nitrogen and oxygen atoms in total. The first-order chi connectivity index (χ1) is 9.19. The van der Waals surface area contributed by atoms with Crippen LogP contribution in [0.2, 0.25) is 0 Å². The summed E-state index contributed by atoms with van der Waals surface area (Å²) in [5, 5.41) is 3.04. The lowest BCUT2D eigenvalue weighted by molar-refractivity contribution is 0.299. The Morgan fingerprint density at radius 3 is 2.47 bits per heavy atom. The number of hydrogen-bond acceptors (Lipinski definition) is 2. The van der Waals surface area contributed by atoms with Crippen molar-refractivity contribution in [3.05, 3.63) is 65.2 Å². The van der Waals surface area contributed by atoms with E-state index in [1.165, 1.54) is 0 Å². The Kier molecular flexibility index (Phi) is 4.47. The van der Waals surface area contributed by atoms with Crippen LogP contribution in [-0.2, 0) is 13.2 Å². The number of nitrogens with one attached hydrogen (secondary N) is 1. The first-order valence-electron chi connectivity index (χ1n) is 5.99. The molecule has 0 radical (unpaired) electrons. The van der Waals surface area contributed by atoms with E-state index in [0.29, 0.717) is 5.75 Å². The van der Waals surface area contributed by atoms with Crippen LogP contribution in [0, 0.1) is 11.6 Å². The van der Waals surface area contributed by atoms with Crippen molar-refractivity contribution < 1.29 is 13.5 Å². The predicted octanol–water partition coefficient (Wildman–Crippen LogP) is 3.26. The number of rotatable bonds is 5. The fourth-order valence-electron chi connectivity index (χ4n) is 1.72. The lowest BCUT2D eigenvalue weighted by atomic mass is 10.2. The van der Waals surface area contributed by atoms with Crippen molar-refractivity contribution in [2.24, 2.45) is 0 Å². The topological polar surface area (TPSA) is 21.3 Å². The summed E-state index contributed by atoms with van der Waals surface area (Å²) in [5.74, 6) is -0.305. The number of benzene rings is 2. The molecular formula is C15H15F2NO. The van der Waals surface area contributed by atoms with Crippen molar-refractivity contribution in [1.29, 1.82) is 0 Å². The summed E-state index contributed by atoms with van der Waals surface area (Å²) in [4.78, 5) is 0. The highest BCUT2D eigenvalue weighted by atomic mass is 19.1. The molecule has 0 saturated heterocycles. The average molecular weight is 263 g/mol. The molecule has 0 aromatic heterocycles. The third-order valence-corrected chi connectivity index (χ3v) is 2.71. The highest BCUT2D eigenvalue weighted by Crippen LogP contribution is 2.16. The molecule has 0 heterocycles. The summed E-state index contributed by atoms with van der Waals surface area (Å²) >= 11 is 0. The second-order valence-corrected chi connectivity index (χ2v) is 4.20. The van der Waals surface area contributed by atoms with Gasteiger partial charge < -0.3 is 10.1 Å². The van der Waals surface area contributed by atoms with Crippen LogP contribution in [0.4, 0.5) is 8.78 Å². The minimum absolute atomic E-state index is 0.00890. The van der Waals surface area contributed by atoms with Crippen LogP contribution in [-0.4, -0.2) is 7.05 Å². The molecular weight excluding hydrogens is 248 g/mol. The molecule has 0 aliphatic heterocycles. The van der Waals surface area contributed by atoms with Gasteiger partial charge in [0, 0.05) is 12.1 Å². The minimum atomic E-state index is -0.468. The van der Waals surface area contributed by atoms with E-state index in [9.17, 15) is 8.78 Å². The standard InChI is InChI=1S/C15H15F2NO/c1-18-9-11-2-5-14(6-3-11)19-10-12-8-13(16)4-7-15(12)17/h2-8,18H,9-10H2,1H3. The number of ether oxygens (including phenoxy) is 1. The maximum Gasteiger partial charge on any atom is 0.130 e. The van der Waals surface area contributed by atoms with E-state index >= 15 is 0 Å². The first kappa shape index (κ1) is 13.5. The molecule has 0 aliphatic carbocycles. The van der Waals surface area contributed by atoms with E-state index in [0.717, 1.165) is 30.3 Å². The molecule has 0 aliphatic rings. The average Bonchev–Trinajstić information content (AvgIpc) is 2.42. The summed E-state index contributed by atoms with van der Waals surface area (Å²) in [5.41, 5.74) is 1.34. The molecule has 2 rings (SSSR count). The zero-order valence-corrected chi connectivity index (χ0v) is 10.6. The van der Waals surface area contributed by atoms with Gasteiger partial charge in [0.1, 0.15) is 24.0 Å². The molecule has 2 aromatic rings. The van der Waals surface area contributed by atoms with E-state index in [2.05, 4.69) is 5.32 Å². The fraction of sp³-hybridized carbons (Fsp3) is 0.200. The Morgan fingerprint density at radius 1 is 1.05 bits per heavy atom. The summed E-state index contributed by atoms with van der Waals surface area (Å²) in [6, 6.07) is 10.8. The monoisotopic (exact) mass is 263 g/mol. The van der Waals surface area contributed by atoms with Gasteiger partial charge in [-0.15, -0.1) is 0 Å². The van der Waals surface area contributed by atoms with E-state index in [-0.39, 0.29) is 12.2 Å². The Morgan fingerprint density at radius 2 is 1.79 bits per heavy atom. The Labute approximate surface area is 111 Å². The Hall–Kier alpha value is -1.94. The van der Waals surface area contributed by atoms with Crippen LogP contribution in [0.3, 0.4) is 0 Å². The van der Waals surface area contributed by atoms with Crippen molar-refractivity contribution in [1.82, 2.24) is 5.32 Å². The third-order valence-electron chi connectivity index (χ3n) is 2.71. The smallest absolute Gasteiger partial charge is 0.130 e. The normalized spacial score (nSPS) is 10.5. The van der Waals surface area contributed by atoms with Crippen LogP contribution in [0.5, 0.6) is 5.75 Å². The molecule has 2 aromatic carbocycles. The molecule has 0 unspecified atom stereocenters. The van der Waals surface area contributed by atoms with Gasteiger partial charge >= 0.3 is 0 Å². The molecule has 0 fully saturated rings. The van der Waals surface area contributed by atoms with E-state index in [4.69, 9.17) is 4.74 Å². The largest absolute Gasteiger partial charge is 0.489 e. The highest BCUT2D eigenvalue weighted by molar-refractivity contribution is 5.28. The molecule has 0 saturated carbocycles. The summed E-state index contributed by atoms with van der Waals surface area (Å²) in [6.07, 6.45) is 0. The zero-order valence-electron chi connectivity index (χ0n) is 10.6. The van der Waals surface area contributed by atoms with E-state index in [1.54, 1.807) is 0 Å². The fourth-order valence-corrected chi connectivity index (χ4v) is 1.72. The van der Waals surface area contributed by atoms with Crippen molar-refractivity contribution in [3.63, 3.8) is 0 Å². The van der Waals surface area contributed by atoms with Gasteiger partial charge in [-0.05, 0) is 42.9 Å². The Bertz CT molecular complexity index is 540.